The Hall–Kier alpha value is -0.980. The van der Waals surface area contributed by atoms with Gasteiger partial charge in [0.25, 0.3) is 0 Å². The summed E-state index contributed by atoms with van der Waals surface area (Å²) in [6.07, 6.45) is -8.32. The van der Waals surface area contributed by atoms with Crippen LogP contribution >= 0.6 is 0 Å². The van der Waals surface area contributed by atoms with E-state index in [0.717, 1.165) is 7.11 Å². The van der Waals surface area contributed by atoms with Crippen LogP contribution in [0.1, 0.15) is 13.3 Å². The van der Waals surface area contributed by atoms with E-state index < -0.39 is 67.6 Å². The summed E-state index contributed by atoms with van der Waals surface area (Å²) < 4.78 is 15.1. The molecule has 7 atom stereocenters. The van der Waals surface area contributed by atoms with Gasteiger partial charge in [-0.05, 0) is 0 Å². The number of aliphatic hydroxyl groups excluding tert-OH is 7. The molecule has 7 N–H and O–H groups in total. The number of rotatable bonds is 8. The Labute approximate surface area is 139 Å². The normalized spacial score (nSPS) is 34.5. The van der Waals surface area contributed by atoms with E-state index in [1.54, 1.807) is 6.92 Å². The smallest absolute Gasteiger partial charge is 0.217 e. The molecule has 0 aliphatic carbocycles. The lowest BCUT2D eigenvalue weighted by Crippen LogP contribution is -2.56. The SMILES string of the molecule is COC(O)/C(O)=C(/O)C(CCO)OC1OC(CO)C(C)C(O)C1O. The van der Waals surface area contributed by atoms with Crippen molar-refractivity contribution in [2.45, 2.75) is 50.3 Å². The minimum atomic E-state index is -1.80. The molecule has 1 aliphatic heterocycles. The van der Waals surface area contributed by atoms with Gasteiger partial charge in [0.2, 0.25) is 6.29 Å². The fourth-order valence-electron chi connectivity index (χ4n) is 2.34. The Balaban J connectivity index is 2.94. The summed E-state index contributed by atoms with van der Waals surface area (Å²) in [5.74, 6) is -2.30. The zero-order valence-electron chi connectivity index (χ0n) is 13.5. The number of hydrogen-bond donors (Lipinski definition) is 7. The molecular formula is C14H26O10. The molecule has 10 nitrogen and oxygen atoms in total. The number of ether oxygens (including phenoxy) is 3. The Kier molecular flexibility index (Phi) is 8.33. The van der Waals surface area contributed by atoms with Gasteiger partial charge in [-0.15, -0.1) is 0 Å². The first kappa shape index (κ1) is 21.1. The first-order valence-corrected chi connectivity index (χ1v) is 7.50. The van der Waals surface area contributed by atoms with Gasteiger partial charge >= 0.3 is 0 Å². The van der Waals surface area contributed by atoms with Gasteiger partial charge in [-0.1, -0.05) is 6.92 Å². The summed E-state index contributed by atoms with van der Waals surface area (Å²) in [6.45, 7) is 0.704. The molecule has 7 unspecified atom stereocenters. The summed E-state index contributed by atoms with van der Waals surface area (Å²) in [6, 6.07) is 0. The van der Waals surface area contributed by atoms with Crippen LogP contribution in [-0.2, 0) is 14.2 Å². The minimum Gasteiger partial charge on any atom is -0.506 e. The van der Waals surface area contributed by atoms with Gasteiger partial charge in [-0.3, -0.25) is 0 Å². The van der Waals surface area contributed by atoms with E-state index in [1.807, 2.05) is 0 Å². The molecule has 0 saturated carbocycles. The Bertz CT molecular complexity index is 412. The molecule has 24 heavy (non-hydrogen) atoms. The number of methoxy groups -OCH3 is 1. The molecule has 1 rings (SSSR count). The summed E-state index contributed by atoms with van der Waals surface area (Å²) in [4.78, 5) is 0. The van der Waals surface area contributed by atoms with Crippen molar-refractivity contribution in [3.8, 4) is 0 Å². The fourth-order valence-corrected chi connectivity index (χ4v) is 2.34. The van der Waals surface area contributed by atoms with Crippen LogP contribution in [0, 0.1) is 5.92 Å². The highest BCUT2D eigenvalue weighted by molar-refractivity contribution is 5.07. The van der Waals surface area contributed by atoms with E-state index >= 15 is 0 Å². The highest BCUT2D eigenvalue weighted by Gasteiger charge is 2.44. The van der Waals surface area contributed by atoms with Gasteiger partial charge in [0.1, 0.15) is 12.2 Å². The molecule has 0 aromatic rings. The lowest BCUT2D eigenvalue weighted by atomic mass is 9.91. The Morgan fingerprint density at radius 3 is 2.25 bits per heavy atom. The molecule has 1 saturated heterocycles. The lowest BCUT2D eigenvalue weighted by Gasteiger charge is -2.41. The predicted molar refractivity (Wildman–Crippen MR) is 78.8 cm³/mol. The average molecular weight is 354 g/mol. The Morgan fingerprint density at radius 2 is 1.75 bits per heavy atom. The van der Waals surface area contributed by atoms with Gasteiger partial charge in [-0.2, -0.15) is 0 Å². The second kappa shape index (κ2) is 9.49. The summed E-state index contributed by atoms with van der Waals surface area (Å²) in [7, 11) is 1.09. The highest BCUT2D eigenvalue weighted by Crippen LogP contribution is 2.28. The first-order valence-electron chi connectivity index (χ1n) is 7.50. The molecule has 10 heteroatoms. The van der Waals surface area contributed by atoms with Gasteiger partial charge in [0.05, 0.1) is 18.8 Å². The molecule has 1 fully saturated rings. The van der Waals surface area contributed by atoms with Gasteiger partial charge in [-0.25, -0.2) is 0 Å². The fraction of sp³-hybridized carbons (Fsp3) is 0.857. The van der Waals surface area contributed by atoms with E-state index in [0.29, 0.717) is 0 Å². The van der Waals surface area contributed by atoms with Gasteiger partial charge in [0.15, 0.2) is 17.8 Å². The zero-order valence-corrected chi connectivity index (χ0v) is 13.5. The topological polar surface area (TPSA) is 169 Å². The van der Waals surface area contributed by atoms with Crippen molar-refractivity contribution >= 4 is 0 Å². The molecule has 0 bridgehead atoms. The molecule has 1 aliphatic rings. The van der Waals surface area contributed by atoms with Crippen molar-refractivity contribution in [3.63, 3.8) is 0 Å². The van der Waals surface area contributed by atoms with Crippen molar-refractivity contribution in [1.29, 1.82) is 0 Å². The van der Waals surface area contributed by atoms with Crippen molar-refractivity contribution in [2.24, 2.45) is 5.92 Å². The molecule has 1 heterocycles. The maximum absolute atomic E-state index is 10.0. The van der Waals surface area contributed by atoms with E-state index in [9.17, 15) is 30.6 Å². The third-order valence-corrected chi connectivity index (χ3v) is 3.96. The molecule has 0 radical (unpaired) electrons. The minimum absolute atomic E-state index is 0.200. The maximum Gasteiger partial charge on any atom is 0.217 e. The number of hydrogen-bond acceptors (Lipinski definition) is 10. The van der Waals surface area contributed by atoms with Crippen LogP contribution in [0.4, 0.5) is 0 Å². The lowest BCUT2D eigenvalue weighted by molar-refractivity contribution is -0.299. The summed E-state index contributed by atoms with van der Waals surface area (Å²) in [5.41, 5.74) is 0. The van der Waals surface area contributed by atoms with Crippen LogP contribution < -0.4 is 0 Å². The average Bonchev–Trinajstić information content (AvgIpc) is 2.59. The molecule has 0 aromatic heterocycles. The van der Waals surface area contributed by atoms with Crippen LogP contribution in [0.5, 0.6) is 0 Å². The quantitative estimate of drug-likeness (QED) is 0.193. The van der Waals surface area contributed by atoms with Gasteiger partial charge < -0.3 is 50.0 Å². The van der Waals surface area contributed by atoms with Crippen LogP contribution in [0.3, 0.4) is 0 Å². The number of aliphatic hydroxyl groups is 7. The summed E-state index contributed by atoms with van der Waals surface area (Å²) >= 11 is 0. The third-order valence-electron chi connectivity index (χ3n) is 3.96. The molecule has 0 amide bonds. The van der Waals surface area contributed by atoms with Crippen LogP contribution in [0.2, 0.25) is 0 Å². The van der Waals surface area contributed by atoms with Crippen molar-refractivity contribution in [3.05, 3.63) is 11.5 Å². The highest BCUT2D eigenvalue weighted by atomic mass is 16.7. The maximum atomic E-state index is 10.0. The molecule has 142 valence electrons. The van der Waals surface area contributed by atoms with Crippen molar-refractivity contribution in [1.82, 2.24) is 0 Å². The van der Waals surface area contributed by atoms with E-state index in [-0.39, 0.29) is 6.42 Å². The standard InChI is InChI=1S/C14H26O10/c1-6-8(5-16)24-14(12(20)9(6)17)23-7(3-4-15)10(18)11(19)13(21)22-2/h6-9,12-21H,3-5H2,1-2H3/b11-10-. The van der Waals surface area contributed by atoms with Crippen LogP contribution in [-0.4, -0.2) is 93.1 Å². The predicted octanol–water partition coefficient (Wildman–Crippen LogP) is -1.88. The van der Waals surface area contributed by atoms with Gasteiger partial charge in [0, 0.05) is 26.1 Å². The zero-order chi connectivity index (χ0) is 18.4. The van der Waals surface area contributed by atoms with Crippen molar-refractivity contribution < 1.29 is 50.0 Å². The Morgan fingerprint density at radius 1 is 1.12 bits per heavy atom. The molecular weight excluding hydrogens is 328 g/mol. The van der Waals surface area contributed by atoms with E-state index in [1.165, 1.54) is 0 Å². The molecule has 0 aromatic carbocycles. The molecule has 0 spiro atoms. The summed E-state index contributed by atoms with van der Waals surface area (Å²) in [5, 5.41) is 67.4. The van der Waals surface area contributed by atoms with Crippen molar-refractivity contribution in [2.75, 3.05) is 20.3 Å². The largest absolute Gasteiger partial charge is 0.506 e. The second-order valence-electron chi connectivity index (χ2n) is 5.56. The second-order valence-corrected chi connectivity index (χ2v) is 5.56. The van der Waals surface area contributed by atoms with E-state index in [2.05, 4.69) is 4.74 Å². The van der Waals surface area contributed by atoms with E-state index in [4.69, 9.17) is 14.6 Å². The monoisotopic (exact) mass is 354 g/mol. The van der Waals surface area contributed by atoms with Crippen LogP contribution in [0.25, 0.3) is 0 Å². The van der Waals surface area contributed by atoms with Crippen LogP contribution in [0.15, 0.2) is 11.5 Å². The first-order chi connectivity index (χ1) is 11.3. The third kappa shape index (κ3) is 4.77.